The van der Waals surface area contributed by atoms with Gasteiger partial charge in [-0.25, -0.2) is 0 Å². The van der Waals surface area contributed by atoms with Gasteiger partial charge >= 0.3 is 0 Å². The van der Waals surface area contributed by atoms with Crippen LogP contribution >= 0.6 is 0 Å². The van der Waals surface area contributed by atoms with E-state index >= 15 is 0 Å². The molecule has 0 atom stereocenters. The van der Waals surface area contributed by atoms with Crippen LogP contribution in [0.15, 0.2) is 30.3 Å². The maximum Gasteiger partial charge on any atom is 0.294 e. The van der Waals surface area contributed by atoms with Crippen LogP contribution in [-0.2, 0) is 15.1 Å². The molecule has 0 spiro atoms. The van der Waals surface area contributed by atoms with Crippen molar-refractivity contribution in [2.24, 2.45) is 0 Å². The van der Waals surface area contributed by atoms with Gasteiger partial charge in [0, 0.05) is 5.52 Å². The van der Waals surface area contributed by atoms with E-state index in [0.717, 1.165) is 16.6 Å². The summed E-state index contributed by atoms with van der Waals surface area (Å²) in [6.45, 7) is 4.18. The third kappa shape index (κ3) is 1.73. The minimum atomic E-state index is -0.610. The van der Waals surface area contributed by atoms with E-state index in [9.17, 15) is 4.79 Å². The van der Waals surface area contributed by atoms with Crippen molar-refractivity contribution in [2.45, 2.75) is 19.4 Å². The predicted molar refractivity (Wildman–Crippen MR) is 58.5 cm³/mol. The van der Waals surface area contributed by atoms with Crippen LogP contribution in [0.2, 0.25) is 0 Å². The number of hydrogen-bond donors (Lipinski definition) is 1. The third-order valence-electron chi connectivity index (χ3n) is 2.52. The lowest BCUT2D eigenvalue weighted by Crippen LogP contribution is -2.21. The fourth-order valence-corrected chi connectivity index (χ4v) is 1.58. The molecule has 0 fully saturated rings. The highest BCUT2D eigenvalue weighted by Crippen LogP contribution is 2.26. The van der Waals surface area contributed by atoms with Gasteiger partial charge in [0.15, 0.2) is 0 Å². The van der Waals surface area contributed by atoms with Crippen LogP contribution in [0.25, 0.3) is 10.9 Å². The fraction of sp³-hybridized carbons (Fsp3) is 0.250. The highest BCUT2D eigenvalue weighted by molar-refractivity contribution is 5.80. The Bertz CT molecular complexity index is 452. The number of carbonyl (C=O) groups excluding carboxylic acids is 1. The SMILES string of the molecule is CC(C)(OC=O)c1cc2ccccc2[nH]1. The van der Waals surface area contributed by atoms with Crippen molar-refractivity contribution in [1.82, 2.24) is 4.98 Å². The van der Waals surface area contributed by atoms with Gasteiger partial charge in [-0.15, -0.1) is 0 Å². The molecule has 0 amide bonds. The summed E-state index contributed by atoms with van der Waals surface area (Å²) in [6.07, 6.45) is 0. The Balaban J connectivity index is 2.48. The summed E-state index contributed by atoms with van der Waals surface area (Å²) in [7, 11) is 0. The summed E-state index contributed by atoms with van der Waals surface area (Å²) in [6, 6.07) is 9.96. The second-order valence-electron chi connectivity index (χ2n) is 3.99. The van der Waals surface area contributed by atoms with Crippen LogP contribution in [-0.4, -0.2) is 11.5 Å². The number of fused-ring (bicyclic) bond motifs is 1. The highest BCUT2D eigenvalue weighted by Gasteiger charge is 2.23. The molecule has 1 N–H and O–H groups in total. The van der Waals surface area contributed by atoms with Crippen LogP contribution in [0.5, 0.6) is 0 Å². The number of aromatic nitrogens is 1. The molecule has 15 heavy (non-hydrogen) atoms. The Kier molecular flexibility index (Phi) is 2.23. The Morgan fingerprint density at radius 3 is 2.73 bits per heavy atom. The first-order valence-electron chi connectivity index (χ1n) is 4.83. The predicted octanol–water partition coefficient (Wildman–Crippen LogP) is 2.58. The molecule has 2 rings (SSSR count). The van der Waals surface area contributed by atoms with Crippen LogP contribution in [0.4, 0.5) is 0 Å². The van der Waals surface area contributed by atoms with E-state index in [1.54, 1.807) is 0 Å². The second-order valence-corrected chi connectivity index (χ2v) is 3.99. The molecule has 3 heteroatoms. The first-order valence-corrected chi connectivity index (χ1v) is 4.83. The maximum atomic E-state index is 10.4. The van der Waals surface area contributed by atoms with Crippen LogP contribution in [0.3, 0.4) is 0 Å². The lowest BCUT2D eigenvalue weighted by Gasteiger charge is -2.20. The summed E-state index contributed by atoms with van der Waals surface area (Å²) in [4.78, 5) is 13.6. The van der Waals surface area contributed by atoms with E-state index < -0.39 is 5.60 Å². The number of ether oxygens (including phenoxy) is 1. The molecule has 3 nitrogen and oxygen atoms in total. The molecule has 0 aliphatic heterocycles. The van der Waals surface area contributed by atoms with Gasteiger partial charge in [0.25, 0.3) is 6.47 Å². The molecule has 1 heterocycles. The van der Waals surface area contributed by atoms with Crippen molar-refractivity contribution in [3.05, 3.63) is 36.0 Å². The molecule has 0 bridgehead atoms. The zero-order valence-corrected chi connectivity index (χ0v) is 8.78. The number of nitrogens with one attached hydrogen (secondary N) is 1. The molecule has 78 valence electrons. The quantitative estimate of drug-likeness (QED) is 0.779. The summed E-state index contributed by atoms with van der Waals surface area (Å²) in [5.74, 6) is 0. The fourth-order valence-electron chi connectivity index (χ4n) is 1.58. The molecule has 0 aliphatic carbocycles. The average Bonchev–Trinajstić information content (AvgIpc) is 2.61. The molecule has 0 radical (unpaired) electrons. The summed E-state index contributed by atoms with van der Waals surface area (Å²) in [5.41, 5.74) is 1.34. The molecular weight excluding hydrogens is 190 g/mol. The van der Waals surface area contributed by atoms with Crippen molar-refractivity contribution < 1.29 is 9.53 Å². The number of para-hydroxylation sites is 1. The average molecular weight is 203 g/mol. The van der Waals surface area contributed by atoms with Crippen molar-refractivity contribution in [1.29, 1.82) is 0 Å². The van der Waals surface area contributed by atoms with Crippen molar-refractivity contribution in [3.63, 3.8) is 0 Å². The number of rotatable bonds is 3. The number of hydrogen-bond acceptors (Lipinski definition) is 2. The van der Waals surface area contributed by atoms with Gasteiger partial charge < -0.3 is 9.72 Å². The Morgan fingerprint density at radius 2 is 2.07 bits per heavy atom. The van der Waals surface area contributed by atoms with Crippen molar-refractivity contribution in [3.8, 4) is 0 Å². The van der Waals surface area contributed by atoms with E-state index in [-0.39, 0.29) is 0 Å². The third-order valence-corrected chi connectivity index (χ3v) is 2.52. The van der Waals surface area contributed by atoms with Crippen LogP contribution in [0.1, 0.15) is 19.5 Å². The first kappa shape index (κ1) is 9.77. The lowest BCUT2D eigenvalue weighted by molar-refractivity contribution is -0.141. The van der Waals surface area contributed by atoms with Gasteiger partial charge in [0.1, 0.15) is 5.60 Å². The Labute approximate surface area is 88.1 Å². The largest absolute Gasteiger partial charge is 0.455 e. The van der Waals surface area contributed by atoms with Gasteiger partial charge in [0.05, 0.1) is 5.69 Å². The summed E-state index contributed by atoms with van der Waals surface area (Å²) >= 11 is 0. The number of carbonyl (C=O) groups is 1. The van der Waals surface area contributed by atoms with Gasteiger partial charge in [-0.1, -0.05) is 18.2 Å². The Morgan fingerprint density at radius 1 is 1.33 bits per heavy atom. The summed E-state index contributed by atoms with van der Waals surface area (Å²) < 4.78 is 5.03. The van der Waals surface area contributed by atoms with Gasteiger partial charge in [-0.3, -0.25) is 4.79 Å². The molecule has 0 unspecified atom stereocenters. The standard InChI is InChI=1S/C12H13NO2/c1-12(2,15-8-14)11-7-9-5-3-4-6-10(9)13-11/h3-8,13H,1-2H3. The van der Waals surface area contributed by atoms with Gasteiger partial charge in [0.2, 0.25) is 0 Å². The maximum absolute atomic E-state index is 10.4. The smallest absolute Gasteiger partial charge is 0.294 e. The molecule has 0 saturated carbocycles. The van der Waals surface area contributed by atoms with E-state index in [2.05, 4.69) is 4.98 Å². The van der Waals surface area contributed by atoms with E-state index in [4.69, 9.17) is 4.74 Å². The van der Waals surface area contributed by atoms with E-state index in [1.807, 2.05) is 44.2 Å². The molecule has 1 aromatic heterocycles. The van der Waals surface area contributed by atoms with Crippen molar-refractivity contribution >= 4 is 17.4 Å². The number of H-pyrrole nitrogens is 1. The molecule has 0 saturated heterocycles. The minimum absolute atomic E-state index is 0.478. The van der Waals surface area contributed by atoms with Crippen molar-refractivity contribution in [2.75, 3.05) is 0 Å². The topological polar surface area (TPSA) is 42.1 Å². The second kappa shape index (κ2) is 3.42. The lowest BCUT2D eigenvalue weighted by atomic mass is 10.1. The zero-order chi connectivity index (χ0) is 10.9. The molecule has 2 aromatic rings. The minimum Gasteiger partial charge on any atom is -0.455 e. The van der Waals surface area contributed by atoms with Gasteiger partial charge in [-0.2, -0.15) is 0 Å². The van der Waals surface area contributed by atoms with E-state index in [1.165, 1.54) is 0 Å². The molecular formula is C12H13NO2. The van der Waals surface area contributed by atoms with E-state index in [0.29, 0.717) is 6.47 Å². The first-order chi connectivity index (χ1) is 7.13. The number of benzene rings is 1. The Hall–Kier alpha value is -1.77. The monoisotopic (exact) mass is 203 g/mol. The normalized spacial score (nSPS) is 11.6. The summed E-state index contributed by atoms with van der Waals surface area (Å²) in [5, 5.41) is 1.12. The molecule has 1 aromatic carbocycles. The van der Waals surface area contributed by atoms with Crippen LogP contribution in [0, 0.1) is 0 Å². The molecule has 0 aliphatic rings. The number of aromatic amines is 1. The van der Waals surface area contributed by atoms with Gasteiger partial charge in [-0.05, 0) is 31.4 Å². The van der Waals surface area contributed by atoms with Crippen LogP contribution < -0.4 is 0 Å². The highest BCUT2D eigenvalue weighted by atomic mass is 16.5. The zero-order valence-electron chi connectivity index (χ0n) is 8.78.